The molecule has 0 spiro atoms. The second-order valence-corrected chi connectivity index (χ2v) is 3.69. The van der Waals surface area contributed by atoms with Crippen LogP contribution in [0.25, 0.3) is 11.3 Å². The molecule has 0 radical (unpaired) electrons. The van der Waals surface area contributed by atoms with E-state index in [9.17, 15) is 4.79 Å². The maximum Gasteiger partial charge on any atom is 0.280 e. The fourth-order valence-electron chi connectivity index (χ4n) is 1.62. The molecule has 1 N–H and O–H groups in total. The van der Waals surface area contributed by atoms with Gasteiger partial charge in [-0.3, -0.25) is 9.63 Å². The Morgan fingerprint density at radius 2 is 2.11 bits per heavy atom. The van der Waals surface area contributed by atoms with Crippen molar-refractivity contribution in [1.82, 2.24) is 10.6 Å². The summed E-state index contributed by atoms with van der Waals surface area (Å²) < 4.78 is 5.08. The van der Waals surface area contributed by atoms with Crippen molar-refractivity contribution in [3.63, 3.8) is 0 Å². The highest BCUT2D eigenvalue weighted by molar-refractivity contribution is 6.00. The van der Waals surface area contributed by atoms with Crippen LogP contribution in [-0.2, 0) is 4.84 Å². The molecule has 5 nitrogen and oxygen atoms in total. The molecule has 5 heteroatoms. The molecular formula is C13H14N2O3. The van der Waals surface area contributed by atoms with Gasteiger partial charge >= 0.3 is 0 Å². The van der Waals surface area contributed by atoms with Crippen molar-refractivity contribution in [3.8, 4) is 11.3 Å². The molecule has 0 bridgehead atoms. The minimum absolute atomic E-state index is 0.352. The van der Waals surface area contributed by atoms with Crippen LogP contribution in [0.2, 0.25) is 0 Å². The van der Waals surface area contributed by atoms with Crippen LogP contribution >= 0.6 is 0 Å². The van der Waals surface area contributed by atoms with Gasteiger partial charge in [-0.2, -0.15) is 0 Å². The molecule has 2 aromatic rings. The first kappa shape index (κ1) is 12.3. The first-order valence-electron chi connectivity index (χ1n) is 5.68. The Balaban J connectivity index is 2.36. The van der Waals surface area contributed by atoms with E-state index < -0.39 is 0 Å². The highest BCUT2D eigenvalue weighted by Crippen LogP contribution is 2.24. The molecule has 2 rings (SSSR count). The lowest BCUT2D eigenvalue weighted by atomic mass is 10.1. The van der Waals surface area contributed by atoms with Crippen LogP contribution in [-0.4, -0.2) is 17.7 Å². The van der Waals surface area contributed by atoms with E-state index in [4.69, 9.17) is 9.36 Å². The van der Waals surface area contributed by atoms with Gasteiger partial charge in [-0.25, -0.2) is 5.48 Å². The van der Waals surface area contributed by atoms with E-state index in [0.29, 0.717) is 23.6 Å². The maximum atomic E-state index is 11.9. The number of aromatic nitrogens is 1. The zero-order valence-electron chi connectivity index (χ0n) is 10.3. The van der Waals surface area contributed by atoms with E-state index in [1.54, 1.807) is 13.8 Å². The zero-order chi connectivity index (χ0) is 13.0. The molecule has 0 atom stereocenters. The fraction of sp³-hybridized carbons (Fsp3) is 0.231. The van der Waals surface area contributed by atoms with Crippen molar-refractivity contribution in [2.75, 3.05) is 6.61 Å². The van der Waals surface area contributed by atoms with Crippen LogP contribution in [0.15, 0.2) is 34.9 Å². The smallest absolute Gasteiger partial charge is 0.280 e. The summed E-state index contributed by atoms with van der Waals surface area (Å²) in [7, 11) is 0. The Kier molecular flexibility index (Phi) is 3.74. The van der Waals surface area contributed by atoms with Crippen molar-refractivity contribution in [2.45, 2.75) is 13.8 Å². The average molecular weight is 246 g/mol. The molecule has 0 saturated carbocycles. The summed E-state index contributed by atoms with van der Waals surface area (Å²) in [6, 6.07) is 9.40. The van der Waals surface area contributed by atoms with Gasteiger partial charge in [0.1, 0.15) is 17.0 Å². The van der Waals surface area contributed by atoms with Crippen LogP contribution < -0.4 is 5.48 Å². The summed E-state index contributed by atoms with van der Waals surface area (Å²) >= 11 is 0. The number of rotatable bonds is 4. The van der Waals surface area contributed by atoms with E-state index in [-0.39, 0.29) is 5.91 Å². The Morgan fingerprint density at radius 3 is 2.78 bits per heavy atom. The van der Waals surface area contributed by atoms with Crippen LogP contribution in [0.5, 0.6) is 0 Å². The largest absolute Gasteiger partial charge is 0.360 e. The van der Waals surface area contributed by atoms with Crippen LogP contribution in [0.4, 0.5) is 0 Å². The van der Waals surface area contributed by atoms with Gasteiger partial charge in [0.15, 0.2) is 0 Å². The van der Waals surface area contributed by atoms with Gasteiger partial charge in [0, 0.05) is 5.56 Å². The summed E-state index contributed by atoms with van der Waals surface area (Å²) in [5, 5.41) is 3.92. The third-order valence-electron chi connectivity index (χ3n) is 2.45. The lowest BCUT2D eigenvalue weighted by Gasteiger charge is -2.04. The normalized spacial score (nSPS) is 10.3. The van der Waals surface area contributed by atoms with E-state index >= 15 is 0 Å². The standard InChI is InChI=1S/C13H14N2O3/c1-3-17-15-13(16)11-9(2)18-14-12(11)10-7-5-4-6-8-10/h4-8H,3H2,1-2H3,(H,15,16). The number of nitrogens with one attached hydrogen (secondary N) is 1. The van der Waals surface area contributed by atoms with Crippen molar-refractivity contribution in [3.05, 3.63) is 41.7 Å². The SMILES string of the molecule is CCONC(=O)c1c(-c2ccccc2)noc1C. The predicted octanol–water partition coefficient (Wildman–Crippen LogP) is 2.33. The minimum Gasteiger partial charge on any atom is -0.360 e. The van der Waals surface area contributed by atoms with Crippen molar-refractivity contribution < 1.29 is 14.2 Å². The Morgan fingerprint density at radius 1 is 1.39 bits per heavy atom. The first-order valence-corrected chi connectivity index (χ1v) is 5.68. The Bertz CT molecular complexity index is 534. The highest BCUT2D eigenvalue weighted by Gasteiger charge is 2.21. The number of amides is 1. The monoisotopic (exact) mass is 246 g/mol. The van der Waals surface area contributed by atoms with Crippen molar-refractivity contribution in [1.29, 1.82) is 0 Å². The van der Waals surface area contributed by atoms with Crippen molar-refractivity contribution >= 4 is 5.91 Å². The first-order chi connectivity index (χ1) is 8.74. The zero-order valence-corrected chi connectivity index (χ0v) is 10.3. The number of benzene rings is 1. The van der Waals surface area contributed by atoms with E-state index in [1.165, 1.54) is 0 Å². The molecule has 0 aliphatic carbocycles. The molecule has 0 aliphatic rings. The van der Waals surface area contributed by atoms with Gasteiger partial charge in [-0.1, -0.05) is 35.5 Å². The predicted molar refractivity (Wildman–Crippen MR) is 65.8 cm³/mol. The number of hydroxylamine groups is 1. The van der Waals surface area contributed by atoms with Crippen LogP contribution in [0.1, 0.15) is 23.0 Å². The molecule has 0 aliphatic heterocycles. The maximum absolute atomic E-state index is 11.9. The van der Waals surface area contributed by atoms with E-state index in [0.717, 1.165) is 5.56 Å². The summed E-state index contributed by atoms with van der Waals surface area (Å²) in [5.41, 5.74) is 4.09. The molecule has 0 unspecified atom stereocenters. The van der Waals surface area contributed by atoms with Gasteiger partial charge in [0.2, 0.25) is 0 Å². The third-order valence-corrected chi connectivity index (χ3v) is 2.45. The molecule has 18 heavy (non-hydrogen) atoms. The summed E-state index contributed by atoms with van der Waals surface area (Å²) in [5.74, 6) is 0.112. The van der Waals surface area contributed by atoms with E-state index in [2.05, 4.69) is 10.6 Å². The number of hydrogen-bond acceptors (Lipinski definition) is 4. The Hall–Kier alpha value is -2.14. The lowest BCUT2D eigenvalue weighted by Crippen LogP contribution is -2.24. The molecule has 94 valence electrons. The summed E-state index contributed by atoms with van der Waals surface area (Å²) in [4.78, 5) is 16.8. The highest BCUT2D eigenvalue weighted by atomic mass is 16.6. The minimum atomic E-state index is -0.352. The second kappa shape index (κ2) is 5.46. The second-order valence-electron chi connectivity index (χ2n) is 3.69. The molecular weight excluding hydrogens is 232 g/mol. The third kappa shape index (κ3) is 2.41. The Labute approximate surface area is 105 Å². The fourth-order valence-corrected chi connectivity index (χ4v) is 1.62. The molecule has 1 amide bonds. The summed E-state index contributed by atoms with van der Waals surface area (Å²) in [6.07, 6.45) is 0. The van der Waals surface area contributed by atoms with Gasteiger partial charge in [0.05, 0.1) is 6.61 Å². The van der Waals surface area contributed by atoms with Gasteiger partial charge < -0.3 is 4.52 Å². The molecule has 0 fully saturated rings. The number of aryl methyl sites for hydroxylation is 1. The van der Waals surface area contributed by atoms with Crippen LogP contribution in [0.3, 0.4) is 0 Å². The average Bonchev–Trinajstić information content (AvgIpc) is 2.79. The van der Waals surface area contributed by atoms with E-state index in [1.807, 2.05) is 30.3 Å². The lowest BCUT2D eigenvalue weighted by molar-refractivity contribution is 0.0363. The van der Waals surface area contributed by atoms with Crippen LogP contribution in [0, 0.1) is 6.92 Å². The molecule has 1 heterocycles. The van der Waals surface area contributed by atoms with Gasteiger partial charge in [0.25, 0.3) is 5.91 Å². The summed E-state index contributed by atoms with van der Waals surface area (Å²) in [6.45, 7) is 3.88. The molecule has 0 saturated heterocycles. The number of carbonyl (C=O) groups excluding carboxylic acids is 1. The quantitative estimate of drug-likeness (QED) is 0.841. The molecule has 1 aromatic carbocycles. The van der Waals surface area contributed by atoms with Crippen molar-refractivity contribution in [2.24, 2.45) is 0 Å². The number of nitrogens with zero attached hydrogens (tertiary/aromatic N) is 1. The van der Waals surface area contributed by atoms with Gasteiger partial charge in [-0.05, 0) is 13.8 Å². The topological polar surface area (TPSA) is 64.4 Å². The number of carbonyl (C=O) groups is 1. The van der Waals surface area contributed by atoms with Gasteiger partial charge in [-0.15, -0.1) is 0 Å². The number of hydrogen-bond donors (Lipinski definition) is 1. The molecule has 1 aromatic heterocycles.